The Balaban J connectivity index is 1.71. The van der Waals surface area contributed by atoms with Gasteiger partial charge in [-0.3, -0.25) is 14.4 Å². The summed E-state index contributed by atoms with van der Waals surface area (Å²) in [5.74, 6) is -3.01. The van der Waals surface area contributed by atoms with E-state index in [1.807, 2.05) is 66.5 Å². The highest BCUT2D eigenvalue weighted by Crippen LogP contribution is 2.59. The number of rotatable bonds is 6. The highest BCUT2D eigenvalue weighted by atomic mass is 16.6. The van der Waals surface area contributed by atoms with E-state index < -0.39 is 46.6 Å². The van der Waals surface area contributed by atoms with Crippen LogP contribution in [0, 0.1) is 17.3 Å². The molecule has 5 rings (SSSR count). The van der Waals surface area contributed by atoms with Crippen LogP contribution >= 0.6 is 0 Å². The molecule has 4 aliphatic rings. The van der Waals surface area contributed by atoms with E-state index in [1.54, 1.807) is 0 Å². The number of aliphatic hydroxyl groups is 1. The summed E-state index contributed by atoms with van der Waals surface area (Å²) in [6.45, 7) is 12.7. The summed E-state index contributed by atoms with van der Waals surface area (Å²) in [7, 11) is 0. The van der Waals surface area contributed by atoms with Gasteiger partial charge in [0, 0.05) is 12.1 Å². The second-order valence-electron chi connectivity index (χ2n) is 14.1. The number of benzene rings is 1. The largest absolute Gasteiger partial charge is 0.465 e. The van der Waals surface area contributed by atoms with Crippen molar-refractivity contribution in [3.63, 3.8) is 0 Å². The summed E-state index contributed by atoms with van der Waals surface area (Å²) >= 11 is 0. The number of ether oxygens (including phenoxy) is 2. The van der Waals surface area contributed by atoms with Crippen molar-refractivity contribution in [1.82, 2.24) is 9.80 Å². The molecule has 8 nitrogen and oxygen atoms in total. The maximum Gasteiger partial charge on any atom is 0.313 e. The predicted molar refractivity (Wildman–Crippen MR) is 159 cm³/mol. The van der Waals surface area contributed by atoms with Gasteiger partial charge in [-0.05, 0) is 50.5 Å². The first-order chi connectivity index (χ1) is 19.8. The highest BCUT2D eigenvalue weighted by Gasteiger charge is 2.76. The summed E-state index contributed by atoms with van der Waals surface area (Å²) in [6.07, 6.45) is 10.3. The quantitative estimate of drug-likeness (QED) is 0.392. The molecule has 6 atom stereocenters. The molecule has 0 aromatic heterocycles. The van der Waals surface area contributed by atoms with E-state index in [1.165, 1.54) is 4.90 Å². The summed E-state index contributed by atoms with van der Waals surface area (Å²) < 4.78 is 12.8. The molecule has 0 aliphatic carbocycles. The van der Waals surface area contributed by atoms with Gasteiger partial charge in [0.1, 0.15) is 23.2 Å². The monoisotopic (exact) mass is 578 g/mol. The third kappa shape index (κ3) is 4.90. The van der Waals surface area contributed by atoms with Crippen LogP contribution in [0.25, 0.3) is 0 Å². The number of allylic oxidation sites excluding steroid dienone is 1. The van der Waals surface area contributed by atoms with Crippen LogP contribution in [-0.4, -0.2) is 75.2 Å². The Bertz CT molecular complexity index is 1270. The Labute approximate surface area is 249 Å². The number of carbonyl (C=O) groups is 3. The minimum absolute atomic E-state index is 0.0580. The summed E-state index contributed by atoms with van der Waals surface area (Å²) in [5, 5.41) is 10.8. The Morgan fingerprint density at radius 2 is 1.71 bits per heavy atom. The van der Waals surface area contributed by atoms with Gasteiger partial charge < -0.3 is 24.4 Å². The average molecular weight is 579 g/mol. The number of hydrogen-bond donors (Lipinski definition) is 1. The molecular weight excluding hydrogens is 532 g/mol. The van der Waals surface area contributed by atoms with E-state index in [0.29, 0.717) is 24.9 Å². The average Bonchev–Trinajstić information content (AvgIpc) is 3.30. The topological polar surface area (TPSA) is 96.4 Å². The molecule has 0 radical (unpaired) electrons. The SMILES string of the molecule is CC[C@@]12/C=C\CCCOC(=O)[C@@H]1[C@H]1C(=O)N([C@H](CO)c3ccccc3)C3C(=O)N(C(C)(C)CC(C)(C)C)CC=C[C@@]31O2. The molecule has 2 saturated heterocycles. The molecule has 0 bridgehead atoms. The molecule has 228 valence electrons. The normalized spacial score (nSPS) is 33.1. The number of fused-ring (bicyclic) bond motifs is 2. The number of hydrogen-bond acceptors (Lipinski definition) is 6. The van der Waals surface area contributed by atoms with Gasteiger partial charge in [-0.25, -0.2) is 0 Å². The lowest BCUT2D eigenvalue weighted by atomic mass is 9.73. The standard InChI is InChI=1S/C34H46N2O6/c1-7-33-17-12-9-13-20-41-30(40)26(33)25-28(38)36(24(21-37)23-15-10-8-11-16-23)27-29(39)35(19-14-18-34(25,27)42-33)32(5,6)22-31(2,3)4/h8,10-12,14-18,24-27,37H,7,9,13,19-22H2,1-6H3/b17-12-/t24-,25+,26+,27?,33-,34+/m1/s1. The minimum Gasteiger partial charge on any atom is -0.465 e. The van der Waals surface area contributed by atoms with Crippen LogP contribution < -0.4 is 0 Å². The molecule has 4 heterocycles. The number of aliphatic hydroxyl groups excluding tert-OH is 1. The van der Waals surface area contributed by atoms with Gasteiger partial charge in [0.15, 0.2) is 0 Å². The molecule has 1 unspecified atom stereocenters. The van der Waals surface area contributed by atoms with Crippen LogP contribution in [0.15, 0.2) is 54.6 Å². The van der Waals surface area contributed by atoms with E-state index >= 15 is 0 Å². The van der Waals surface area contributed by atoms with Crippen LogP contribution in [0.3, 0.4) is 0 Å². The lowest BCUT2D eigenvalue weighted by Gasteiger charge is -2.46. The molecule has 2 amide bonds. The number of carbonyl (C=O) groups excluding carboxylic acids is 3. The first-order valence-electron chi connectivity index (χ1n) is 15.3. The van der Waals surface area contributed by atoms with Gasteiger partial charge in [0.25, 0.3) is 0 Å². The van der Waals surface area contributed by atoms with Crippen LogP contribution in [0.2, 0.25) is 0 Å². The van der Waals surface area contributed by atoms with Crippen LogP contribution in [-0.2, 0) is 23.9 Å². The Morgan fingerprint density at radius 3 is 2.36 bits per heavy atom. The second kappa shape index (κ2) is 10.9. The lowest BCUT2D eigenvalue weighted by molar-refractivity contribution is -0.164. The maximum absolute atomic E-state index is 15.0. The lowest BCUT2D eigenvalue weighted by Crippen LogP contribution is -2.60. The molecule has 42 heavy (non-hydrogen) atoms. The Morgan fingerprint density at radius 1 is 1.00 bits per heavy atom. The van der Waals surface area contributed by atoms with Crippen LogP contribution in [0.5, 0.6) is 0 Å². The fourth-order valence-electron chi connectivity index (χ4n) is 8.12. The smallest absolute Gasteiger partial charge is 0.313 e. The van der Waals surface area contributed by atoms with Crippen molar-refractivity contribution in [1.29, 1.82) is 0 Å². The van der Waals surface area contributed by atoms with Crippen molar-refractivity contribution in [2.24, 2.45) is 17.3 Å². The van der Waals surface area contributed by atoms with Gasteiger partial charge in [0.2, 0.25) is 11.8 Å². The first kappa shape index (κ1) is 30.5. The number of likely N-dealkylation sites (tertiary alicyclic amines) is 1. The molecular formula is C34H46N2O6. The van der Waals surface area contributed by atoms with E-state index in [2.05, 4.69) is 34.6 Å². The fraction of sp³-hybridized carbons (Fsp3) is 0.618. The van der Waals surface area contributed by atoms with Crippen LogP contribution in [0.4, 0.5) is 0 Å². The zero-order valence-electron chi connectivity index (χ0n) is 25.8. The minimum atomic E-state index is -1.41. The van der Waals surface area contributed by atoms with E-state index in [-0.39, 0.29) is 30.4 Å². The number of amides is 2. The zero-order chi connectivity index (χ0) is 30.5. The molecule has 0 saturated carbocycles. The Kier molecular flexibility index (Phi) is 7.94. The maximum atomic E-state index is 15.0. The summed E-state index contributed by atoms with van der Waals surface area (Å²) in [6, 6.07) is 7.39. The molecule has 2 fully saturated rings. The second-order valence-corrected chi connectivity index (χ2v) is 14.1. The molecule has 4 aliphatic heterocycles. The summed E-state index contributed by atoms with van der Waals surface area (Å²) in [4.78, 5) is 47.0. The van der Waals surface area contributed by atoms with Gasteiger partial charge in [-0.2, -0.15) is 0 Å². The van der Waals surface area contributed by atoms with Crippen molar-refractivity contribution in [2.45, 2.75) is 96.1 Å². The van der Waals surface area contributed by atoms with E-state index in [4.69, 9.17) is 9.47 Å². The number of nitrogens with zero attached hydrogens (tertiary/aromatic N) is 2. The van der Waals surface area contributed by atoms with Gasteiger partial charge >= 0.3 is 5.97 Å². The Hall–Kier alpha value is -2.97. The van der Waals surface area contributed by atoms with Gasteiger partial charge in [-0.15, -0.1) is 0 Å². The summed E-state index contributed by atoms with van der Waals surface area (Å²) in [5.41, 5.74) is -2.40. The fourth-order valence-corrected chi connectivity index (χ4v) is 8.12. The molecule has 1 spiro atoms. The zero-order valence-corrected chi connectivity index (χ0v) is 25.8. The number of esters is 1. The molecule has 8 heteroatoms. The first-order valence-corrected chi connectivity index (χ1v) is 15.3. The highest BCUT2D eigenvalue weighted by molar-refractivity contribution is 5.99. The van der Waals surface area contributed by atoms with Crippen molar-refractivity contribution in [3.05, 3.63) is 60.2 Å². The number of cyclic esters (lactones) is 1. The molecule has 1 aromatic carbocycles. The molecule has 1 aromatic rings. The van der Waals surface area contributed by atoms with Crippen molar-refractivity contribution in [2.75, 3.05) is 19.8 Å². The third-order valence-corrected chi connectivity index (χ3v) is 9.46. The van der Waals surface area contributed by atoms with Gasteiger partial charge in [0.05, 0.1) is 25.2 Å². The van der Waals surface area contributed by atoms with Crippen molar-refractivity contribution in [3.8, 4) is 0 Å². The predicted octanol–water partition coefficient (Wildman–Crippen LogP) is 4.59. The van der Waals surface area contributed by atoms with Gasteiger partial charge in [-0.1, -0.05) is 82.3 Å². The van der Waals surface area contributed by atoms with Crippen molar-refractivity contribution < 1.29 is 29.0 Å². The third-order valence-electron chi connectivity index (χ3n) is 9.46. The van der Waals surface area contributed by atoms with E-state index in [0.717, 1.165) is 12.8 Å². The van der Waals surface area contributed by atoms with Crippen molar-refractivity contribution >= 4 is 17.8 Å². The molecule has 1 N–H and O–H groups in total. The van der Waals surface area contributed by atoms with E-state index in [9.17, 15) is 19.5 Å². The van der Waals surface area contributed by atoms with Crippen LogP contribution in [0.1, 0.15) is 78.8 Å².